The summed E-state index contributed by atoms with van der Waals surface area (Å²) >= 11 is 0. The first-order valence-corrected chi connectivity index (χ1v) is 11.3. The van der Waals surface area contributed by atoms with Crippen LogP contribution in [0.4, 0.5) is 26.3 Å². The molecule has 3 rings (SSSR count). The number of fused-ring (bicyclic) bond motifs is 1. The molecule has 2 fully saturated rings. The number of alkyl halides is 6. The number of carbonyl (C=O) groups is 3. The molecule has 2 saturated heterocycles. The van der Waals surface area contributed by atoms with E-state index in [9.17, 15) is 36.2 Å². The highest BCUT2D eigenvalue weighted by Crippen LogP contribution is 2.20. The molecule has 2 atom stereocenters. The molecule has 0 bridgehead atoms. The van der Waals surface area contributed by atoms with Crippen molar-refractivity contribution in [2.45, 2.75) is 38.8 Å². The molecule has 0 aromatic heterocycles. The van der Waals surface area contributed by atoms with Gasteiger partial charge in [-0.3, -0.25) is 14.6 Å². The van der Waals surface area contributed by atoms with E-state index in [4.69, 9.17) is 19.8 Å². The summed E-state index contributed by atoms with van der Waals surface area (Å²) in [5.41, 5.74) is 4.02. The summed E-state index contributed by atoms with van der Waals surface area (Å²) in [6.07, 6.45) is -10.2. The van der Waals surface area contributed by atoms with Gasteiger partial charge in [-0.05, 0) is 26.5 Å². The van der Waals surface area contributed by atoms with Crippen molar-refractivity contribution in [2.75, 3.05) is 46.3 Å². The number of rotatable bonds is 3. The van der Waals surface area contributed by atoms with Gasteiger partial charge in [0.25, 0.3) is 0 Å². The molecule has 1 aromatic rings. The van der Waals surface area contributed by atoms with E-state index in [-0.39, 0.29) is 5.92 Å². The predicted molar refractivity (Wildman–Crippen MR) is 123 cm³/mol. The van der Waals surface area contributed by atoms with Crippen LogP contribution >= 0.6 is 0 Å². The summed E-state index contributed by atoms with van der Waals surface area (Å²) in [5.74, 6) is -6.45. The van der Waals surface area contributed by atoms with Crippen LogP contribution in [0.15, 0.2) is 18.2 Å². The molecular weight excluding hydrogens is 528 g/mol. The monoisotopic (exact) mass is 559 g/mol. The fraction of sp³-hybridized carbons (Fsp3) is 0.609. The van der Waals surface area contributed by atoms with Gasteiger partial charge in [0.2, 0.25) is 0 Å². The average molecular weight is 560 g/mol. The van der Waals surface area contributed by atoms with E-state index in [0.717, 1.165) is 32.7 Å². The number of carboxylic acids is 3. The van der Waals surface area contributed by atoms with Gasteiger partial charge in [-0.1, -0.05) is 29.3 Å². The quantitative estimate of drug-likeness (QED) is 0.480. The number of aryl methyl sites for hydroxylation is 2. The summed E-state index contributed by atoms with van der Waals surface area (Å²) in [4.78, 5) is 36.3. The Bertz CT molecular complexity index is 928. The maximum atomic E-state index is 11.4. The van der Waals surface area contributed by atoms with Crippen molar-refractivity contribution in [2.24, 2.45) is 5.92 Å². The standard InChI is InChI=1S/C19H29N3O2.2C2HF3O2/c1-14-6-15(2)8-16(7-14)9-21-4-5-22-11-17(19(23)24)10-20(3)12-18(22)13-21;2*3-2(4,5)1(6)7/h6-8,17-18H,4-5,9-13H2,1-3H3,(H,23,24);2*(H,6,7). The fourth-order valence-electron chi connectivity index (χ4n) is 4.24. The summed E-state index contributed by atoms with van der Waals surface area (Å²) < 4.78 is 63.5. The summed E-state index contributed by atoms with van der Waals surface area (Å²) in [5, 5.41) is 23.7. The Morgan fingerprint density at radius 3 is 1.71 bits per heavy atom. The molecule has 0 aliphatic carbocycles. The van der Waals surface area contributed by atoms with Crippen molar-refractivity contribution in [3.63, 3.8) is 0 Å². The Morgan fingerprint density at radius 1 is 0.816 bits per heavy atom. The van der Waals surface area contributed by atoms with Gasteiger partial charge in [-0.15, -0.1) is 0 Å². The second-order valence-electron chi connectivity index (χ2n) is 9.24. The number of likely N-dealkylation sites (N-methyl/N-ethyl adjacent to an activating group) is 1. The minimum Gasteiger partial charge on any atom is -0.481 e. The molecule has 2 heterocycles. The van der Waals surface area contributed by atoms with Crippen LogP contribution in [0.2, 0.25) is 0 Å². The lowest BCUT2D eigenvalue weighted by molar-refractivity contribution is -0.193. The van der Waals surface area contributed by atoms with Crippen LogP contribution in [-0.2, 0) is 20.9 Å². The number of nitrogens with zero attached hydrogens (tertiary/aromatic N) is 3. The number of benzene rings is 1. The van der Waals surface area contributed by atoms with Crippen molar-refractivity contribution in [1.29, 1.82) is 0 Å². The lowest BCUT2D eigenvalue weighted by Gasteiger charge is -2.41. The van der Waals surface area contributed by atoms with Crippen LogP contribution in [0.3, 0.4) is 0 Å². The first kappa shape index (κ1) is 33.1. The maximum Gasteiger partial charge on any atom is 0.490 e. The molecule has 0 spiro atoms. The molecule has 216 valence electrons. The Kier molecular flexibility index (Phi) is 12.0. The van der Waals surface area contributed by atoms with Crippen LogP contribution in [0.25, 0.3) is 0 Å². The lowest BCUT2D eigenvalue weighted by Crippen LogP contribution is -2.55. The van der Waals surface area contributed by atoms with Gasteiger partial charge < -0.3 is 20.2 Å². The molecule has 1 aromatic carbocycles. The molecule has 0 radical (unpaired) electrons. The number of piperazine rings is 1. The Morgan fingerprint density at radius 2 is 1.29 bits per heavy atom. The molecule has 3 N–H and O–H groups in total. The predicted octanol–water partition coefficient (Wildman–Crippen LogP) is 2.70. The van der Waals surface area contributed by atoms with Crippen molar-refractivity contribution in [3.8, 4) is 0 Å². The second-order valence-corrected chi connectivity index (χ2v) is 9.24. The zero-order valence-corrected chi connectivity index (χ0v) is 21.0. The van der Waals surface area contributed by atoms with E-state index < -0.39 is 30.3 Å². The number of carboxylic acid groups (broad SMARTS) is 3. The molecular formula is C23H31F6N3O6. The SMILES string of the molecule is Cc1cc(C)cc(CN2CCN3CC(C(=O)O)CN(C)CC3C2)c1.O=C(O)C(F)(F)F.O=C(O)C(F)(F)F. The van der Waals surface area contributed by atoms with E-state index in [1.54, 1.807) is 0 Å². The third-order valence-corrected chi connectivity index (χ3v) is 5.72. The van der Waals surface area contributed by atoms with Gasteiger partial charge >= 0.3 is 30.3 Å². The van der Waals surface area contributed by atoms with Crippen LogP contribution in [0.1, 0.15) is 16.7 Å². The van der Waals surface area contributed by atoms with Crippen molar-refractivity contribution >= 4 is 17.9 Å². The Hall–Kier alpha value is -2.91. The summed E-state index contributed by atoms with van der Waals surface area (Å²) in [6.45, 7) is 10.6. The average Bonchev–Trinajstić information content (AvgIpc) is 2.90. The highest BCUT2D eigenvalue weighted by atomic mass is 19.4. The largest absolute Gasteiger partial charge is 0.490 e. The topological polar surface area (TPSA) is 122 Å². The summed E-state index contributed by atoms with van der Waals surface area (Å²) in [6, 6.07) is 7.20. The van der Waals surface area contributed by atoms with E-state index in [0.29, 0.717) is 19.1 Å². The minimum atomic E-state index is -5.08. The number of halogens is 6. The molecule has 2 unspecified atom stereocenters. The van der Waals surface area contributed by atoms with Crippen molar-refractivity contribution < 1.29 is 56.0 Å². The maximum absolute atomic E-state index is 11.4. The van der Waals surface area contributed by atoms with Gasteiger partial charge in [-0.25, -0.2) is 9.59 Å². The Labute approximate surface area is 215 Å². The Balaban J connectivity index is 0.000000426. The van der Waals surface area contributed by atoms with Crippen LogP contribution < -0.4 is 0 Å². The van der Waals surface area contributed by atoms with Crippen LogP contribution in [-0.4, -0.2) is 113 Å². The smallest absolute Gasteiger partial charge is 0.481 e. The van der Waals surface area contributed by atoms with E-state index in [1.807, 2.05) is 7.05 Å². The van der Waals surface area contributed by atoms with Crippen LogP contribution in [0, 0.1) is 19.8 Å². The van der Waals surface area contributed by atoms with E-state index in [1.165, 1.54) is 16.7 Å². The van der Waals surface area contributed by atoms with E-state index in [2.05, 4.69) is 46.7 Å². The fourth-order valence-corrected chi connectivity index (χ4v) is 4.24. The van der Waals surface area contributed by atoms with Crippen molar-refractivity contribution in [1.82, 2.24) is 14.7 Å². The molecule has 0 amide bonds. The first-order valence-electron chi connectivity index (χ1n) is 11.3. The number of hydrogen-bond donors (Lipinski definition) is 3. The lowest BCUT2D eigenvalue weighted by atomic mass is 10.1. The van der Waals surface area contributed by atoms with Gasteiger partial charge in [0.15, 0.2) is 0 Å². The first-order chi connectivity index (χ1) is 17.3. The zero-order valence-electron chi connectivity index (χ0n) is 21.0. The molecule has 15 heteroatoms. The zero-order chi connectivity index (χ0) is 29.4. The van der Waals surface area contributed by atoms with Gasteiger partial charge in [0, 0.05) is 51.9 Å². The third-order valence-electron chi connectivity index (χ3n) is 5.72. The molecule has 2 aliphatic heterocycles. The van der Waals surface area contributed by atoms with Gasteiger partial charge in [0.05, 0.1) is 5.92 Å². The summed E-state index contributed by atoms with van der Waals surface area (Å²) in [7, 11) is 2.04. The molecule has 2 aliphatic rings. The molecule has 0 saturated carbocycles. The minimum absolute atomic E-state index is 0.272. The van der Waals surface area contributed by atoms with Gasteiger partial charge in [-0.2, -0.15) is 26.3 Å². The van der Waals surface area contributed by atoms with Gasteiger partial charge in [0.1, 0.15) is 0 Å². The molecule has 9 nitrogen and oxygen atoms in total. The number of aliphatic carboxylic acids is 3. The second kappa shape index (κ2) is 13.8. The van der Waals surface area contributed by atoms with Crippen molar-refractivity contribution in [3.05, 3.63) is 34.9 Å². The highest BCUT2D eigenvalue weighted by Gasteiger charge is 2.39. The molecule has 38 heavy (non-hydrogen) atoms. The third kappa shape index (κ3) is 11.6. The normalized spacial score (nSPS) is 21.1. The number of hydrogen-bond acceptors (Lipinski definition) is 6. The highest BCUT2D eigenvalue weighted by molar-refractivity contribution is 5.73. The van der Waals surface area contributed by atoms with E-state index >= 15 is 0 Å². The van der Waals surface area contributed by atoms with Crippen LogP contribution in [0.5, 0.6) is 0 Å².